The van der Waals surface area contributed by atoms with Gasteiger partial charge in [0.2, 0.25) is 5.91 Å². The van der Waals surface area contributed by atoms with Crippen LogP contribution in [0.3, 0.4) is 0 Å². The monoisotopic (exact) mass is 325 g/mol. The molecule has 1 amide bonds. The Bertz CT molecular complexity index is 708. The number of nitrogens with one attached hydrogen (secondary N) is 1. The van der Waals surface area contributed by atoms with Gasteiger partial charge < -0.3 is 10.4 Å². The maximum Gasteiger partial charge on any atom is 0.303 e. The molecule has 0 aliphatic rings. The Kier molecular flexibility index (Phi) is 6.25. The largest absolute Gasteiger partial charge is 0.481 e. The van der Waals surface area contributed by atoms with E-state index in [0.29, 0.717) is 24.1 Å². The third kappa shape index (κ3) is 5.35. The highest BCUT2D eigenvalue weighted by Crippen LogP contribution is 2.11. The summed E-state index contributed by atoms with van der Waals surface area (Å²) < 4.78 is 0. The van der Waals surface area contributed by atoms with Crippen LogP contribution in [0.4, 0.5) is 0 Å². The first kappa shape index (κ1) is 17.4. The Labute approximate surface area is 140 Å². The van der Waals surface area contributed by atoms with Gasteiger partial charge in [0.25, 0.3) is 0 Å². The number of hydrogen-bond donors (Lipinski definition) is 2. The number of carbonyl (C=O) groups is 3. The van der Waals surface area contributed by atoms with E-state index in [1.165, 1.54) is 0 Å². The van der Waals surface area contributed by atoms with Gasteiger partial charge in [0.1, 0.15) is 0 Å². The summed E-state index contributed by atoms with van der Waals surface area (Å²) in [6.45, 7) is 0.435. The predicted molar refractivity (Wildman–Crippen MR) is 89.9 cm³/mol. The lowest BCUT2D eigenvalue weighted by atomic mass is 10.0. The molecule has 0 spiro atoms. The van der Waals surface area contributed by atoms with Gasteiger partial charge in [-0.1, -0.05) is 54.6 Å². The zero-order valence-electron chi connectivity index (χ0n) is 13.2. The highest BCUT2D eigenvalue weighted by molar-refractivity contribution is 6.08. The molecule has 0 aliphatic carbocycles. The summed E-state index contributed by atoms with van der Waals surface area (Å²) in [6, 6.07) is 16.4. The quantitative estimate of drug-likeness (QED) is 0.730. The Hall–Kier alpha value is -2.95. The van der Waals surface area contributed by atoms with Gasteiger partial charge in [0.05, 0.1) is 6.42 Å². The van der Waals surface area contributed by atoms with Gasteiger partial charge in [-0.3, -0.25) is 14.4 Å². The average Bonchev–Trinajstić information content (AvgIpc) is 2.61. The highest BCUT2D eigenvalue weighted by atomic mass is 16.4. The molecule has 0 saturated heterocycles. The van der Waals surface area contributed by atoms with E-state index in [9.17, 15) is 14.4 Å². The van der Waals surface area contributed by atoms with Crippen LogP contribution in [0.5, 0.6) is 0 Å². The Morgan fingerprint density at radius 3 is 2.08 bits per heavy atom. The average molecular weight is 325 g/mol. The Morgan fingerprint density at radius 2 is 1.46 bits per heavy atom. The molecule has 2 N–H and O–H groups in total. The van der Waals surface area contributed by atoms with Crippen LogP contribution in [0.25, 0.3) is 0 Å². The van der Waals surface area contributed by atoms with Crippen LogP contribution in [0.15, 0.2) is 54.6 Å². The first-order valence-corrected chi connectivity index (χ1v) is 7.73. The van der Waals surface area contributed by atoms with Crippen molar-refractivity contribution in [2.45, 2.75) is 19.3 Å². The molecule has 0 fully saturated rings. The van der Waals surface area contributed by atoms with Gasteiger partial charge >= 0.3 is 5.97 Å². The minimum Gasteiger partial charge on any atom is -0.481 e. The van der Waals surface area contributed by atoms with Crippen molar-refractivity contribution in [3.05, 3.63) is 71.3 Å². The first-order chi connectivity index (χ1) is 11.6. The maximum atomic E-state index is 12.3. The first-order valence-electron chi connectivity index (χ1n) is 7.73. The second kappa shape index (κ2) is 8.62. The molecule has 2 aromatic carbocycles. The summed E-state index contributed by atoms with van der Waals surface area (Å²) in [5, 5.41) is 11.2. The van der Waals surface area contributed by atoms with E-state index in [-0.39, 0.29) is 24.5 Å². The fourth-order valence-corrected chi connectivity index (χ4v) is 2.23. The van der Waals surface area contributed by atoms with Crippen LogP contribution in [-0.4, -0.2) is 29.3 Å². The molecule has 0 heterocycles. The molecule has 0 bridgehead atoms. The van der Waals surface area contributed by atoms with Crippen LogP contribution in [0.1, 0.15) is 34.3 Å². The zero-order valence-corrected chi connectivity index (χ0v) is 13.2. The molecule has 5 heteroatoms. The van der Waals surface area contributed by atoms with Crippen LogP contribution in [0.2, 0.25) is 0 Å². The number of carboxylic acid groups (broad SMARTS) is 1. The van der Waals surface area contributed by atoms with E-state index in [4.69, 9.17) is 5.11 Å². The number of aliphatic carboxylic acids is 1. The smallest absolute Gasteiger partial charge is 0.303 e. The molecule has 0 radical (unpaired) electrons. The van der Waals surface area contributed by atoms with Crippen molar-refractivity contribution in [1.82, 2.24) is 5.32 Å². The molecule has 0 aliphatic heterocycles. The molecular formula is C19H19NO4. The molecule has 2 rings (SSSR count). The van der Waals surface area contributed by atoms with Gasteiger partial charge in [-0.05, 0) is 12.0 Å². The molecule has 5 nitrogen and oxygen atoms in total. The van der Waals surface area contributed by atoms with Gasteiger partial charge in [0.15, 0.2) is 5.78 Å². The molecule has 0 aromatic heterocycles. The van der Waals surface area contributed by atoms with E-state index in [2.05, 4.69) is 5.32 Å². The second-order valence-electron chi connectivity index (χ2n) is 5.39. The number of benzene rings is 2. The number of hydrogen-bond acceptors (Lipinski definition) is 3. The number of rotatable bonds is 8. The minimum atomic E-state index is -0.983. The molecule has 2 aromatic rings. The summed E-state index contributed by atoms with van der Waals surface area (Å²) in [5.41, 5.74) is 2.27. The lowest BCUT2D eigenvalue weighted by Gasteiger charge is -2.06. The van der Waals surface area contributed by atoms with E-state index >= 15 is 0 Å². The summed E-state index contributed by atoms with van der Waals surface area (Å²) in [6.07, 6.45) is 0.445. The lowest BCUT2D eigenvalue weighted by Crippen LogP contribution is -2.26. The third-order valence-corrected chi connectivity index (χ3v) is 3.55. The molecule has 124 valence electrons. The van der Waals surface area contributed by atoms with E-state index in [0.717, 1.165) is 5.56 Å². The van der Waals surface area contributed by atoms with E-state index < -0.39 is 5.97 Å². The fraction of sp³-hybridized carbons (Fsp3) is 0.211. The summed E-state index contributed by atoms with van der Waals surface area (Å²) >= 11 is 0. The normalized spacial score (nSPS) is 10.2. The fourth-order valence-electron chi connectivity index (χ4n) is 2.23. The topological polar surface area (TPSA) is 83.5 Å². The molecule has 0 saturated carbocycles. The van der Waals surface area contributed by atoms with E-state index in [1.54, 1.807) is 24.3 Å². The molecule has 0 atom stereocenters. The van der Waals surface area contributed by atoms with Crippen LogP contribution in [-0.2, 0) is 16.0 Å². The lowest BCUT2D eigenvalue weighted by molar-refractivity contribution is -0.138. The molecular weight excluding hydrogens is 306 g/mol. The van der Waals surface area contributed by atoms with Crippen molar-refractivity contribution in [3.8, 4) is 0 Å². The van der Waals surface area contributed by atoms with Crippen LogP contribution in [0, 0.1) is 0 Å². The van der Waals surface area contributed by atoms with Crippen LogP contribution < -0.4 is 5.32 Å². The number of ketones is 1. The summed E-state index contributed by atoms with van der Waals surface area (Å²) in [5.74, 6) is -1.28. The van der Waals surface area contributed by atoms with Crippen molar-refractivity contribution >= 4 is 17.7 Å². The predicted octanol–water partition coefficient (Wildman–Crippen LogP) is 2.44. The van der Waals surface area contributed by atoms with Gasteiger partial charge in [-0.15, -0.1) is 0 Å². The summed E-state index contributed by atoms with van der Waals surface area (Å²) in [4.78, 5) is 34.1. The van der Waals surface area contributed by atoms with Crippen molar-refractivity contribution in [1.29, 1.82) is 0 Å². The van der Waals surface area contributed by atoms with Crippen molar-refractivity contribution in [2.24, 2.45) is 0 Å². The molecule has 0 unspecified atom stereocenters. The van der Waals surface area contributed by atoms with Crippen LogP contribution >= 0.6 is 0 Å². The highest BCUT2D eigenvalue weighted by Gasteiger charge is 2.08. The number of carbonyl (C=O) groups excluding carboxylic acids is 2. The van der Waals surface area contributed by atoms with Crippen molar-refractivity contribution < 1.29 is 19.5 Å². The Balaban J connectivity index is 1.83. The molecule has 24 heavy (non-hydrogen) atoms. The van der Waals surface area contributed by atoms with E-state index in [1.807, 2.05) is 30.3 Å². The van der Waals surface area contributed by atoms with Gasteiger partial charge in [-0.2, -0.15) is 0 Å². The van der Waals surface area contributed by atoms with Crippen molar-refractivity contribution in [2.75, 3.05) is 6.54 Å². The van der Waals surface area contributed by atoms with Gasteiger partial charge in [-0.25, -0.2) is 0 Å². The minimum absolute atomic E-state index is 0.0140. The standard InChI is InChI=1S/C19H19NO4/c21-17(10-11-18(22)23)20-13-12-14-6-8-16(9-7-14)19(24)15-4-2-1-3-5-15/h1-9H,10-13H2,(H,20,21)(H,22,23). The zero-order chi connectivity index (χ0) is 17.4. The summed E-state index contributed by atoms with van der Waals surface area (Å²) in [7, 11) is 0. The maximum absolute atomic E-state index is 12.3. The SMILES string of the molecule is O=C(O)CCC(=O)NCCc1ccc(C(=O)c2ccccc2)cc1. The van der Waals surface area contributed by atoms with Crippen molar-refractivity contribution in [3.63, 3.8) is 0 Å². The third-order valence-electron chi connectivity index (χ3n) is 3.55. The Morgan fingerprint density at radius 1 is 0.833 bits per heavy atom. The number of carboxylic acids is 1. The van der Waals surface area contributed by atoms with Gasteiger partial charge in [0, 0.05) is 24.1 Å². The second-order valence-corrected chi connectivity index (χ2v) is 5.39. The number of amides is 1.